The van der Waals surface area contributed by atoms with Crippen LogP contribution in [0.2, 0.25) is 0 Å². The number of alkyl halides is 1. The minimum absolute atomic E-state index is 0.0443. The highest BCUT2D eigenvalue weighted by atomic mass is 31.3. The van der Waals surface area contributed by atoms with Gasteiger partial charge < -0.3 is 14.7 Å². The highest BCUT2D eigenvalue weighted by molar-refractivity contribution is 7.64. The average molecular weight is 499 g/mol. The van der Waals surface area contributed by atoms with E-state index >= 15 is 0 Å². The highest BCUT2D eigenvalue weighted by Crippen LogP contribution is 2.63. The highest BCUT2D eigenvalue weighted by Gasteiger charge is 2.49. The minimum Gasteiger partial charge on any atom is -0.387 e. The van der Waals surface area contributed by atoms with Gasteiger partial charge in [-0.25, -0.2) is 23.6 Å². The minimum atomic E-state index is -5.52. The molecular formula is C10H15FN2O14P3+. The van der Waals surface area contributed by atoms with Gasteiger partial charge in [0.1, 0.15) is 18.8 Å². The molecule has 1 aliphatic heterocycles. The monoisotopic (exact) mass is 499 g/mol. The first kappa shape index (κ1) is 25.1. The zero-order valence-electron chi connectivity index (χ0n) is 14.6. The normalized spacial score (nSPS) is 28.7. The number of rotatable bonds is 9. The Morgan fingerprint density at radius 2 is 1.97 bits per heavy atom. The van der Waals surface area contributed by atoms with Gasteiger partial charge in [-0.05, 0) is 11.2 Å². The van der Waals surface area contributed by atoms with Gasteiger partial charge in [-0.2, -0.15) is 4.31 Å². The van der Waals surface area contributed by atoms with Gasteiger partial charge in [-0.15, -0.1) is 9.20 Å². The van der Waals surface area contributed by atoms with Crippen LogP contribution in [0.4, 0.5) is 4.39 Å². The number of phosphoric acid groups is 2. The van der Waals surface area contributed by atoms with Crippen LogP contribution in [0, 0.1) is 6.92 Å². The van der Waals surface area contributed by atoms with Gasteiger partial charge in [0, 0.05) is 16.3 Å². The van der Waals surface area contributed by atoms with Gasteiger partial charge in [-0.1, -0.05) is 0 Å². The molecule has 3 unspecified atom stereocenters. The second kappa shape index (κ2) is 9.53. The number of aryl methyl sites for hydroxylation is 1. The summed E-state index contributed by atoms with van der Waals surface area (Å²) in [5.74, 6) is 0. The lowest BCUT2D eigenvalue weighted by Gasteiger charge is -2.16. The second-order valence-corrected chi connectivity index (χ2v) is 9.73. The van der Waals surface area contributed by atoms with Crippen molar-refractivity contribution in [3.63, 3.8) is 0 Å². The van der Waals surface area contributed by atoms with E-state index in [9.17, 15) is 32.8 Å². The third-order valence-corrected chi connectivity index (χ3v) is 7.11. The van der Waals surface area contributed by atoms with Gasteiger partial charge >= 0.3 is 29.6 Å². The van der Waals surface area contributed by atoms with E-state index in [2.05, 4.69) is 17.8 Å². The molecule has 0 bridgehead atoms. The molecule has 1 aromatic rings. The van der Waals surface area contributed by atoms with Crippen LogP contribution in [0.1, 0.15) is 11.8 Å². The lowest BCUT2D eigenvalue weighted by atomic mass is 10.1. The van der Waals surface area contributed by atoms with Gasteiger partial charge in [0.25, 0.3) is 5.56 Å². The Hall–Kier alpha value is -1.19. The number of aromatic nitrogens is 2. The third-order valence-electron chi connectivity index (χ3n) is 3.54. The number of aromatic amines is 1. The molecule has 0 saturated carbocycles. The van der Waals surface area contributed by atoms with E-state index in [0.29, 0.717) is 4.57 Å². The van der Waals surface area contributed by atoms with Crippen LogP contribution in [-0.2, 0) is 36.3 Å². The summed E-state index contributed by atoms with van der Waals surface area (Å²) in [4.78, 5) is 43.0. The smallest absolute Gasteiger partial charge is 0.387 e. The number of hydrogen-bond acceptors (Lipinski definition) is 12. The summed E-state index contributed by atoms with van der Waals surface area (Å²) in [5.41, 5.74) is -1.70. The Kier molecular flexibility index (Phi) is 7.96. The van der Waals surface area contributed by atoms with Crippen molar-refractivity contribution in [3.05, 3.63) is 32.6 Å². The molecule has 20 heteroatoms. The summed E-state index contributed by atoms with van der Waals surface area (Å²) in [6, 6.07) is 0. The van der Waals surface area contributed by atoms with Crippen LogP contribution in [0.15, 0.2) is 15.8 Å². The number of aliphatic hydroxyl groups excluding tert-OH is 1. The number of ether oxygens (including phenoxy) is 1. The molecule has 1 saturated heterocycles. The summed E-state index contributed by atoms with van der Waals surface area (Å²) in [5, 5.41) is 17.9. The zero-order valence-corrected chi connectivity index (χ0v) is 17.3. The Labute approximate surface area is 165 Å². The van der Waals surface area contributed by atoms with Crippen molar-refractivity contribution >= 4 is 23.9 Å². The number of halogens is 1. The molecule has 5 N–H and O–H groups in total. The standard InChI is InChI=1S/C10H14FN2O14P3/c1-4-2-13(10(16)12-8(4)15)9-6(11)7(14)5(24-9)3-23-28(18)26-30(21,22)27-29(19,20)25-17/h2,5-7,9,14H,3H2,1H3,(H3-,12,15,16,17,19,20,21,22)/p+1/t5-,6+,7-,9-/m1/s1. The molecule has 2 heterocycles. The maximum atomic E-state index is 14.4. The molecule has 2 rings (SSSR count). The SMILES string of the molecule is Cc1cn([C@@H]2O[C@H](CO[P+](=O)OP(=O)(O)OP(=O)(O)OO)[C@@H](O)[C@@H]2F)c(=O)[nH]c1=O. The second-order valence-electron chi connectivity index (χ2n) is 5.68. The fourth-order valence-corrected chi connectivity index (χ4v) is 4.92. The molecule has 0 spiro atoms. The molecule has 1 aliphatic rings. The van der Waals surface area contributed by atoms with E-state index in [1.165, 1.54) is 6.92 Å². The van der Waals surface area contributed by atoms with Crippen LogP contribution in [-0.4, -0.2) is 54.7 Å². The van der Waals surface area contributed by atoms with Crippen LogP contribution in [0.3, 0.4) is 0 Å². The van der Waals surface area contributed by atoms with Crippen LogP contribution >= 0.6 is 23.9 Å². The van der Waals surface area contributed by atoms with Crippen LogP contribution in [0.25, 0.3) is 0 Å². The van der Waals surface area contributed by atoms with Crippen molar-refractivity contribution < 1.29 is 60.8 Å². The summed E-state index contributed by atoms with van der Waals surface area (Å²) >= 11 is 0. The quantitative estimate of drug-likeness (QED) is 0.169. The van der Waals surface area contributed by atoms with Crippen molar-refractivity contribution in [2.75, 3.05) is 6.61 Å². The molecule has 30 heavy (non-hydrogen) atoms. The van der Waals surface area contributed by atoms with Crippen molar-refractivity contribution in [2.45, 2.75) is 31.5 Å². The maximum absolute atomic E-state index is 14.4. The van der Waals surface area contributed by atoms with E-state index in [1.54, 1.807) is 0 Å². The fraction of sp³-hybridized carbons (Fsp3) is 0.600. The number of aliphatic hydroxyl groups is 1. The first-order valence-corrected chi connectivity index (χ1v) is 11.6. The van der Waals surface area contributed by atoms with Gasteiger partial charge in [-0.3, -0.25) is 19.2 Å². The predicted octanol–water partition coefficient (Wildman–Crippen LogP) is -0.161. The van der Waals surface area contributed by atoms with E-state index in [-0.39, 0.29) is 5.56 Å². The fourth-order valence-electron chi connectivity index (χ4n) is 2.24. The lowest BCUT2D eigenvalue weighted by molar-refractivity contribution is -0.157. The Morgan fingerprint density at radius 1 is 1.33 bits per heavy atom. The predicted molar refractivity (Wildman–Crippen MR) is 90.0 cm³/mol. The van der Waals surface area contributed by atoms with Gasteiger partial charge in [0.15, 0.2) is 12.4 Å². The molecule has 1 aromatic heterocycles. The number of nitrogens with zero attached hydrogens (tertiary/aromatic N) is 1. The maximum Gasteiger partial charge on any atom is 0.708 e. The van der Waals surface area contributed by atoms with Crippen molar-refractivity contribution in [1.29, 1.82) is 0 Å². The van der Waals surface area contributed by atoms with Crippen LogP contribution in [0.5, 0.6) is 0 Å². The molecule has 0 aromatic carbocycles. The first-order valence-electron chi connectivity index (χ1n) is 7.56. The van der Waals surface area contributed by atoms with Gasteiger partial charge in [0.2, 0.25) is 0 Å². The topological polar surface area (TPSA) is 233 Å². The van der Waals surface area contributed by atoms with E-state index in [4.69, 9.17) is 19.8 Å². The largest absolute Gasteiger partial charge is 0.708 e. The number of H-pyrrole nitrogens is 1. The van der Waals surface area contributed by atoms with Crippen LogP contribution < -0.4 is 11.2 Å². The first-order chi connectivity index (χ1) is 13.8. The van der Waals surface area contributed by atoms with E-state index in [0.717, 1.165) is 6.20 Å². The Bertz CT molecular complexity index is 1010. The summed E-state index contributed by atoms with van der Waals surface area (Å²) in [6.45, 7) is 0.440. The van der Waals surface area contributed by atoms with Gasteiger partial charge in [0.05, 0.1) is 0 Å². The number of hydrogen-bond donors (Lipinski definition) is 5. The summed E-state index contributed by atoms with van der Waals surface area (Å²) < 4.78 is 68.7. The van der Waals surface area contributed by atoms with E-state index < -0.39 is 66.4 Å². The van der Waals surface area contributed by atoms with Crippen molar-refractivity contribution in [3.8, 4) is 0 Å². The Balaban J connectivity index is 2.02. The van der Waals surface area contributed by atoms with Crippen molar-refractivity contribution in [2.24, 2.45) is 0 Å². The molecule has 16 nitrogen and oxygen atoms in total. The molecule has 1 fully saturated rings. The van der Waals surface area contributed by atoms with Crippen molar-refractivity contribution in [1.82, 2.24) is 9.55 Å². The van der Waals surface area contributed by atoms with E-state index in [1.807, 2.05) is 4.98 Å². The summed E-state index contributed by atoms with van der Waals surface area (Å²) in [6.07, 6.45) is -6.34. The number of nitrogens with one attached hydrogen (secondary N) is 1. The molecule has 0 aliphatic carbocycles. The molecule has 0 amide bonds. The molecule has 170 valence electrons. The molecule has 7 atom stereocenters. The molecule has 0 radical (unpaired) electrons. The Morgan fingerprint density at radius 3 is 2.57 bits per heavy atom. The third kappa shape index (κ3) is 6.17. The molecular weight excluding hydrogens is 484 g/mol. The zero-order chi connectivity index (χ0) is 22.9. The lowest BCUT2D eigenvalue weighted by Crippen LogP contribution is -2.36. The average Bonchev–Trinajstić information content (AvgIpc) is 2.90. The summed E-state index contributed by atoms with van der Waals surface area (Å²) in [7, 11) is -14.5.